The van der Waals surface area contributed by atoms with Crippen LogP contribution in [0.1, 0.15) is 21.6 Å². The molecular formula is C15H14N2O4. The second-order valence-electron chi connectivity index (χ2n) is 4.79. The molecule has 0 radical (unpaired) electrons. The first kappa shape index (κ1) is 13.2. The first-order valence-corrected chi connectivity index (χ1v) is 6.49. The number of hydrogen-bond acceptors (Lipinski definition) is 4. The van der Waals surface area contributed by atoms with Gasteiger partial charge < -0.3 is 19.8 Å². The minimum atomic E-state index is -0.290. The lowest BCUT2D eigenvalue weighted by molar-refractivity contribution is 0.0950. The highest BCUT2D eigenvalue weighted by Gasteiger charge is 2.13. The third kappa shape index (κ3) is 2.89. The van der Waals surface area contributed by atoms with E-state index in [4.69, 9.17) is 9.47 Å². The zero-order chi connectivity index (χ0) is 14.8. The average Bonchev–Trinajstić information content (AvgIpc) is 2.91. The zero-order valence-corrected chi connectivity index (χ0v) is 11.4. The van der Waals surface area contributed by atoms with Gasteiger partial charge in [0, 0.05) is 23.9 Å². The van der Waals surface area contributed by atoms with Crippen LogP contribution < -0.4 is 20.3 Å². The number of ether oxygens (including phenoxy) is 2. The monoisotopic (exact) mass is 286 g/mol. The van der Waals surface area contributed by atoms with Crippen LogP contribution in [0.15, 0.2) is 35.1 Å². The van der Waals surface area contributed by atoms with Crippen LogP contribution in [0.25, 0.3) is 0 Å². The molecule has 0 fully saturated rings. The van der Waals surface area contributed by atoms with Crippen molar-refractivity contribution in [2.24, 2.45) is 0 Å². The third-order valence-electron chi connectivity index (χ3n) is 3.13. The van der Waals surface area contributed by atoms with E-state index in [-0.39, 0.29) is 18.3 Å². The number of aromatic amines is 1. The largest absolute Gasteiger partial charge is 0.454 e. The fourth-order valence-electron chi connectivity index (χ4n) is 2.15. The number of amides is 1. The summed E-state index contributed by atoms with van der Waals surface area (Å²) in [5.74, 6) is 1.09. The summed E-state index contributed by atoms with van der Waals surface area (Å²) < 4.78 is 10.5. The highest BCUT2D eigenvalue weighted by molar-refractivity contribution is 5.94. The first-order chi connectivity index (χ1) is 10.1. The molecule has 1 amide bonds. The normalized spacial score (nSPS) is 12.2. The highest BCUT2D eigenvalue weighted by atomic mass is 16.7. The summed E-state index contributed by atoms with van der Waals surface area (Å²) in [5.41, 5.74) is 1.60. The molecule has 0 unspecified atom stereocenters. The van der Waals surface area contributed by atoms with Crippen molar-refractivity contribution < 1.29 is 14.3 Å². The van der Waals surface area contributed by atoms with Crippen LogP contribution >= 0.6 is 0 Å². The summed E-state index contributed by atoms with van der Waals surface area (Å²) in [4.78, 5) is 26.0. The van der Waals surface area contributed by atoms with Crippen LogP contribution in [0.4, 0.5) is 0 Å². The Morgan fingerprint density at radius 2 is 2.05 bits per heavy atom. The molecule has 3 rings (SSSR count). The van der Waals surface area contributed by atoms with E-state index in [9.17, 15) is 9.59 Å². The number of pyridine rings is 1. The van der Waals surface area contributed by atoms with E-state index in [2.05, 4.69) is 10.3 Å². The van der Waals surface area contributed by atoms with Gasteiger partial charge in [0.15, 0.2) is 11.5 Å². The van der Waals surface area contributed by atoms with Gasteiger partial charge in [0.2, 0.25) is 12.4 Å². The Bertz CT molecular complexity index is 752. The van der Waals surface area contributed by atoms with Crippen LogP contribution in [0, 0.1) is 6.92 Å². The SMILES string of the molecule is Cc1cc(C(=O)NCc2ccc3c(c2)OCO3)cc(=O)[nH]1. The van der Waals surface area contributed by atoms with E-state index in [0.29, 0.717) is 29.3 Å². The Balaban J connectivity index is 1.69. The van der Waals surface area contributed by atoms with Crippen LogP contribution in [0.2, 0.25) is 0 Å². The molecule has 0 saturated heterocycles. The Kier molecular flexibility index (Phi) is 3.35. The lowest BCUT2D eigenvalue weighted by Crippen LogP contribution is -2.24. The van der Waals surface area contributed by atoms with Gasteiger partial charge in [-0.05, 0) is 30.7 Å². The zero-order valence-electron chi connectivity index (χ0n) is 11.4. The molecule has 1 aromatic carbocycles. The standard InChI is InChI=1S/C15H14N2O4/c1-9-4-11(6-14(18)17-9)15(19)16-7-10-2-3-12-13(5-10)21-8-20-12/h2-6H,7-8H2,1H3,(H,16,19)(H,17,18). The minimum absolute atomic E-state index is 0.219. The maximum Gasteiger partial charge on any atom is 0.251 e. The second-order valence-corrected chi connectivity index (χ2v) is 4.79. The Morgan fingerprint density at radius 3 is 2.86 bits per heavy atom. The summed E-state index contributed by atoms with van der Waals surface area (Å²) >= 11 is 0. The van der Waals surface area contributed by atoms with Gasteiger partial charge in [0.05, 0.1) is 0 Å². The van der Waals surface area contributed by atoms with E-state index in [0.717, 1.165) is 5.56 Å². The number of carbonyl (C=O) groups is 1. The Hall–Kier alpha value is -2.76. The van der Waals surface area contributed by atoms with Gasteiger partial charge in [-0.1, -0.05) is 6.07 Å². The number of H-pyrrole nitrogens is 1. The minimum Gasteiger partial charge on any atom is -0.454 e. The molecule has 2 N–H and O–H groups in total. The topological polar surface area (TPSA) is 80.4 Å². The van der Waals surface area contributed by atoms with Gasteiger partial charge in [-0.25, -0.2) is 0 Å². The smallest absolute Gasteiger partial charge is 0.251 e. The van der Waals surface area contributed by atoms with Crippen molar-refractivity contribution >= 4 is 5.91 Å². The predicted octanol–water partition coefficient (Wildman–Crippen LogP) is 1.34. The van der Waals surface area contributed by atoms with E-state index in [1.807, 2.05) is 12.1 Å². The van der Waals surface area contributed by atoms with Crippen LogP contribution in [-0.4, -0.2) is 17.7 Å². The molecular weight excluding hydrogens is 272 g/mol. The summed E-state index contributed by atoms with van der Waals surface area (Å²) in [6.07, 6.45) is 0. The quantitative estimate of drug-likeness (QED) is 0.892. The molecule has 0 bridgehead atoms. The molecule has 1 aliphatic heterocycles. The van der Waals surface area contributed by atoms with Gasteiger partial charge in [-0.3, -0.25) is 9.59 Å². The predicted molar refractivity (Wildman–Crippen MR) is 75.5 cm³/mol. The lowest BCUT2D eigenvalue weighted by Gasteiger charge is -2.06. The van der Waals surface area contributed by atoms with Crippen LogP contribution in [0.5, 0.6) is 11.5 Å². The van der Waals surface area contributed by atoms with Gasteiger partial charge in [0.1, 0.15) is 0 Å². The third-order valence-corrected chi connectivity index (χ3v) is 3.13. The molecule has 6 nitrogen and oxygen atoms in total. The molecule has 0 saturated carbocycles. The van der Waals surface area contributed by atoms with Crippen molar-refractivity contribution in [3.8, 4) is 11.5 Å². The number of hydrogen-bond donors (Lipinski definition) is 2. The Labute approximate surface area is 120 Å². The van der Waals surface area contributed by atoms with E-state index in [1.165, 1.54) is 6.07 Å². The number of rotatable bonds is 3. The fraction of sp³-hybridized carbons (Fsp3) is 0.200. The number of carbonyl (C=O) groups excluding carboxylic acids is 1. The van der Waals surface area contributed by atoms with E-state index in [1.54, 1.807) is 19.1 Å². The fourth-order valence-corrected chi connectivity index (χ4v) is 2.15. The summed E-state index contributed by atoms with van der Waals surface area (Å²) in [7, 11) is 0. The van der Waals surface area contributed by atoms with Gasteiger partial charge in [-0.2, -0.15) is 0 Å². The molecule has 0 aliphatic carbocycles. The van der Waals surface area contributed by atoms with Crippen molar-refractivity contribution in [2.75, 3.05) is 6.79 Å². The first-order valence-electron chi connectivity index (χ1n) is 6.49. The molecule has 6 heteroatoms. The molecule has 21 heavy (non-hydrogen) atoms. The van der Waals surface area contributed by atoms with Crippen molar-refractivity contribution in [2.45, 2.75) is 13.5 Å². The van der Waals surface area contributed by atoms with E-state index >= 15 is 0 Å². The molecule has 2 aromatic rings. The maximum absolute atomic E-state index is 12.0. The molecule has 0 atom stereocenters. The van der Waals surface area contributed by atoms with Crippen molar-refractivity contribution in [3.63, 3.8) is 0 Å². The number of aromatic nitrogens is 1. The molecule has 1 aliphatic rings. The molecule has 1 aromatic heterocycles. The average molecular weight is 286 g/mol. The number of benzene rings is 1. The summed E-state index contributed by atoms with van der Waals surface area (Å²) in [6.45, 7) is 2.30. The lowest BCUT2D eigenvalue weighted by atomic mass is 10.2. The van der Waals surface area contributed by atoms with Crippen LogP contribution in [0.3, 0.4) is 0 Å². The number of nitrogens with one attached hydrogen (secondary N) is 2. The molecule has 2 heterocycles. The van der Waals surface area contributed by atoms with Crippen LogP contribution in [-0.2, 0) is 6.54 Å². The van der Waals surface area contributed by atoms with Gasteiger partial charge >= 0.3 is 0 Å². The number of aryl methyl sites for hydroxylation is 1. The number of fused-ring (bicyclic) bond motifs is 1. The summed E-state index contributed by atoms with van der Waals surface area (Å²) in [6, 6.07) is 8.40. The molecule has 0 spiro atoms. The van der Waals surface area contributed by atoms with E-state index < -0.39 is 0 Å². The van der Waals surface area contributed by atoms with Crippen molar-refractivity contribution in [1.82, 2.24) is 10.3 Å². The van der Waals surface area contributed by atoms with Crippen molar-refractivity contribution in [1.29, 1.82) is 0 Å². The van der Waals surface area contributed by atoms with Gasteiger partial charge in [-0.15, -0.1) is 0 Å². The summed E-state index contributed by atoms with van der Waals surface area (Å²) in [5, 5.41) is 2.77. The van der Waals surface area contributed by atoms with Crippen molar-refractivity contribution in [3.05, 3.63) is 57.5 Å². The molecule has 108 valence electrons. The second kappa shape index (κ2) is 5.32. The highest BCUT2D eigenvalue weighted by Crippen LogP contribution is 2.32. The Morgan fingerprint density at radius 1 is 1.24 bits per heavy atom. The van der Waals surface area contributed by atoms with Gasteiger partial charge in [0.25, 0.3) is 5.91 Å². The maximum atomic E-state index is 12.0.